The number of hydrogen-bond donors (Lipinski definition) is 1. The normalized spacial score (nSPS) is 18.2. The van der Waals surface area contributed by atoms with Crippen LogP contribution >= 0.6 is 0 Å². The van der Waals surface area contributed by atoms with Crippen molar-refractivity contribution in [1.82, 2.24) is 9.55 Å². The van der Waals surface area contributed by atoms with E-state index >= 15 is 0 Å². The zero-order chi connectivity index (χ0) is 11.9. The standard InChI is InChI=1S/C14H19N3/c1-11-16-12-5-2-3-6-13(12)17(11)10-14(9-15)7-4-8-14/h2-3,5-6H,4,7-10,15H2,1H3. The summed E-state index contributed by atoms with van der Waals surface area (Å²) < 4.78 is 2.33. The number of hydrogen-bond acceptors (Lipinski definition) is 2. The molecule has 1 heterocycles. The van der Waals surface area contributed by atoms with Gasteiger partial charge in [0.1, 0.15) is 5.82 Å². The van der Waals surface area contributed by atoms with Crippen LogP contribution in [0.5, 0.6) is 0 Å². The molecule has 3 heteroatoms. The van der Waals surface area contributed by atoms with Gasteiger partial charge in [0, 0.05) is 12.0 Å². The summed E-state index contributed by atoms with van der Waals surface area (Å²) in [5.74, 6) is 1.10. The highest BCUT2D eigenvalue weighted by Gasteiger charge is 2.36. The molecule has 0 saturated heterocycles. The molecule has 0 radical (unpaired) electrons. The minimum absolute atomic E-state index is 0.328. The fourth-order valence-corrected chi connectivity index (χ4v) is 2.83. The Hall–Kier alpha value is -1.35. The number of nitrogens with two attached hydrogens (primary N) is 1. The third-order valence-electron chi connectivity index (χ3n) is 4.19. The molecule has 0 amide bonds. The Labute approximate surface area is 102 Å². The number of imidazole rings is 1. The van der Waals surface area contributed by atoms with Gasteiger partial charge in [-0.1, -0.05) is 18.6 Å². The Kier molecular flexibility index (Phi) is 2.44. The smallest absolute Gasteiger partial charge is 0.106 e. The van der Waals surface area contributed by atoms with E-state index < -0.39 is 0 Å². The van der Waals surface area contributed by atoms with Crippen LogP contribution < -0.4 is 5.73 Å². The molecule has 1 aliphatic rings. The molecular weight excluding hydrogens is 210 g/mol. The van der Waals surface area contributed by atoms with Crippen molar-refractivity contribution in [1.29, 1.82) is 0 Å². The van der Waals surface area contributed by atoms with Gasteiger partial charge in [0.25, 0.3) is 0 Å². The molecule has 0 spiro atoms. The fraction of sp³-hybridized carbons (Fsp3) is 0.500. The predicted octanol–water partition coefficient (Wildman–Crippen LogP) is 2.47. The summed E-state index contributed by atoms with van der Waals surface area (Å²) in [6, 6.07) is 8.35. The first kappa shape index (κ1) is 10.8. The molecule has 1 aromatic heterocycles. The van der Waals surface area contributed by atoms with Gasteiger partial charge in [-0.05, 0) is 38.4 Å². The number of fused-ring (bicyclic) bond motifs is 1. The maximum atomic E-state index is 5.95. The van der Waals surface area contributed by atoms with Gasteiger partial charge in [-0.3, -0.25) is 0 Å². The molecule has 2 N–H and O–H groups in total. The van der Waals surface area contributed by atoms with Crippen molar-refractivity contribution in [3.05, 3.63) is 30.1 Å². The topological polar surface area (TPSA) is 43.8 Å². The Balaban J connectivity index is 2.02. The van der Waals surface area contributed by atoms with E-state index in [4.69, 9.17) is 5.73 Å². The van der Waals surface area contributed by atoms with Crippen LogP contribution in [0.15, 0.2) is 24.3 Å². The monoisotopic (exact) mass is 229 g/mol. The summed E-state index contributed by atoms with van der Waals surface area (Å²) in [4.78, 5) is 4.61. The number of benzene rings is 1. The quantitative estimate of drug-likeness (QED) is 0.878. The molecule has 3 rings (SSSR count). The van der Waals surface area contributed by atoms with E-state index in [0.717, 1.165) is 24.4 Å². The Morgan fingerprint density at radius 2 is 2.12 bits per heavy atom. The fourth-order valence-electron chi connectivity index (χ4n) is 2.83. The Morgan fingerprint density at radius 1 is 1.35 bits per heavy atom. The van der Waals surface area contributed by atoms with Crippen molar-refractivity contribution >= 4 is 11.0 Å². The van der Waals surface area contributed by atoms with E-state index in [1.54, 1.807) is 0 Å². The van der Waals surface area contributed by atoms with Crippen molar-refractivity contribution in [2.24, 2.45) is 11.1 Å². The average molecular weight is 229 g/mol. The van der Waals surface area contributed by atoms with E-state index in [9.17, 15) is 0 Å². The molecular formula is C14H19N3. The molecule has 0 aliphatic heterocycles. The first-order valence-corrected chi connectivity index (χ1v) is 6.36. The van der Waals surface area contributed by atoms with Crippen LogP contribution in [-0.4, -0.2) is 16.1 Å². The van der Waals surface area contributed by atoms with Crippen molar-refractivity contribution in [3.63, 3.8) is 0 Å². The zero-order valence-corrected chi connectivity index (χ0v) is 10.3. The third-order valence-corrected chi connectivity index (χ3v) is 4.19. The van der Waals surface area contributed by atoms with Crippen molar-refractivity contribution < 1.29 is 0 Å². The van der Waals surface area contributed by atoms with Crippen LogP contribution in [0.3, 0.4) is 0 Å². The van der Waals surface area contributed by atoms with Crippen LogP contribution in [0.2, 0.25) is 0 Å². The number of rotatable bonds is 3. The molecule has 3 nitrogen and oxygen atoms in total. The summed E-state index contributed by atoms with van der Waals surface area (Å²) >= 11 is 0. The van der Waals surface area contributed by atoms with Gasteiger partial charge in [0.15, 0.2) is 0 Å². The molecule has 17 heavy (non-hydrogen) atoms. The van der Waals surface area contributed by atoms with Gasteiger partial charge >= 0.3 is 0 Å². The maximum Gasteiger partial charge on any atom is 0.106 e. The molecule has 90 valence electrons. The largest absolute Gasteiger partial charge is 0.330 e. The van der Waals surface area contributed by atoms with Crippen molar-refractivity contribution in [2.75, 3.05) is 6.54 Å². The lowest BCUT2D eigenvalue weighted by molar-refractivity contribution is 0.118. The van der Waals surface area contributed by atoms with Crippen molar-refractivity contribution in [2.45, 2.75) is 32.7 Å². The van der Waals surface area contributed by atoms with E-state index in [0.29, 0.717) is 5.41 Å². The maximum absolute atomic E-state index is 5.95. The number of nitrogens with zero attached hydrogens (tertiary/aromatic N) is 2. The Bertz CT molecular complexity index is 532. The minimum Gasteiger partial charge on any atom is -0.330 e. The molecule has 1 fully saturated rings. The minimum atomic E-state index is 0.328. The Morgan fingerprint density at radius 3 is 2.76 bits per heavy atom. The summed E-state index contributed by atoms with van der Waals surface area (Å²) in [5.41, 5.74) is 8.61. The van der Waals surface area contributed by atoms with Crippen LogP contribution in [0.4, 0.5) is 0 Å². The number of para-hydroxylation sites is 2. The van der Waals surface area contributed by atoms with E-state index in [-0.39, 0.29) is 0 Å². The van der Waals surface area contributed by atoms with E-state index in [1.165, 1.54) is 24.8 Å². The second-order valence-corrected chi connectivity index (χ2v) is 5.29. The van der Waals surface area contributed by atoms with Crippen LogP contribution in [0, 0.1) is 12.3 Å². The first-order valence-electron chi connectivity index (χ1n) is 6.36. The van der Waals surface area contributed by atoms with Gasteiger partial charge in [0.2, 0.25) is 0 Å². The number of aryl methyl sites for hydroxylation is 1. The SMILES string of the molecule is Cc1nc2ccccc2n1CC1(CN)CCC1. The van der Waals surface area contributed by atoms with Crippen LogP contribution in [0.1, 0.15) is 25.1 Å². The number of aromatic nitrogens is 2. The zero-order valence-electron chi connectivity index (χ0n) is 10.3. The van der Waals surface area contributed by atoms with Crippen molar-refractivity contribution in [3.8, 4) is 0 Å². The van der Waals surface area contributed by atoms with Gasteiger partial charge in [-0.2, -0.15) is 0 Å². The lowest BCUT2D eigenvalue weighted by Gasteiger charge is -2.41. The molecule has 1 aromatic carbocycles. The van der Waals surface area contributed by atoms with Gasteiger partial charge in [0.05, 0.1) is 11.0 Å². The lowest BCUT2D eigenvalue weighted by Crippen LogP contribution is -2.41. The highest BCUT2D eigenvalue weighted by Crippen LogP contribution is 2.42. The van der Waals surface area contributed by atoms with Crippen LogP contribution in [0.25, 0.3) is 11.0 Å². The average Bonchev–Trinajstić information content (AvgIpc) is 2.60. The van der Waals surface area contributed by atoms with E-state index in [2.05, 4.69) is 34.7 Å². The second kappa shape index (κ2) is 3.84. The van der Waals surface area contributed by atoms with Gasteiger partial charge in [-0.15, -0.1) is 0 Å². The molecule has 1 saturated carbocycles. The molecule has 2 aromatic rings. The molecule has 0 bridgehead atoms. The first-order chi connectivity index (χ1) is 8.24. The molecule has 0 unspecified atom stereocenters. The highest BCUT2D eigenvalue weighted by molar-refractivity contribution is 5.75. The predicted molar refractivity (Wildman–Crippen MR) is 69.8 cm³/mol. The highest BCUT2D eigenvalue weighted by atomic mass is 15.1. The van der Waals surface area contributed by atoms with Gasteiger partial charge < -0.3 is 10.3 Å². The summed E-state index contributed by atoms with van der Waals surface area (Å²) in [7, 11) is 0. The van der Waals surface area contributed by atoms with Crippen LogP contribution in [-0.2, 0) is 6.54 Å². The molecule has 1 aliphatic carbocycles. The second-order valence-electron chi connectivity index (χ2n) is 5.29. The summed E-state index contributed by atoms with van der Waals surface area (Å²) in [6.45, 7) is 3.90. The third kappa shape index (κ3) is 1.65. The molecule has 0 atom stereocenters. The summed E-state index contributed by atoms with van der Waals surface area (Å²) in [5, 5.41) is 0. The van der Waals surface area contributed by atoms with Gasteiger partial charge in [-0.25, -0.2) is 4.98 Å². The van der Waals surface area contributed by atoms with E-state index in [1.807, 2.05) is 6.07 Å². The summed E-state index contributed by atoms with van der Waals surface area (Å²) in [6.07, 6.45) is 3.84. The lowest BCUT2D eigenvalue weighted by atomic mass is 9.68.